The van der Waals surface area contributed by atoms with Gasteiger partial charge in [0.15, 0.2) is 11.5 Å². The summed E-state index contributed by atoms with van der Waals surface area (Å²) in [6, 6.07) is 9.13. The third kappa shape index (κ3) is 1.83. The van der Waals surface area contributed by atoms with Gasteiger partial charge in [-0.05, 0) is 41.2 Å². The van der Waals surface area contributed by atoms with E-state index in [1.807, 2.05) is 31.2 Å². The highest BCUT2D eigenvalue weighted by Gasteiger charge is 2.48. The third-order valence-electron chi connectivity index (χ3n) is 4.88. The molecule has 2 aromatic rings. The third-order valence-corrected chi connectivity index (χ3v) is 4.88. The minimum atomic E-state index is -0.460. The fraction of sp³-hybridized carbons (Fsp3) is 0.333. The molecular weight excluding hydrogens is 278 g/mol. The Morgan fingerprint density at radius 1 is 0.955 bits per heavy atom. The summed E-state index contributed by atoms with van der Waals surface area (Å²) in [6.45, 7) is 6.19. The Morgan fingerprint density at radius 2 is 1.55 bits per heavy atom. The van der Waals surface area contributed by atoms with Crippen LogP contribution in [0.25, 0.3) is 0 Å². The molecule has 0 heterocycles. The lowest BCUT2D eigenvalue weighted by atomic mass is 9.75. The van der Waals surface area contributed by atoms with E-state index in [0.717, 1.165) is 17.5 Å². The number of anilines is 1. The van der Waals surface area contributed by atoms with Crippen LogP contribution in [0.1, 0.15) is 43.9 Å². The molecule has 0 radical (unpaired) electrons. The van der Waals surface area contributed by atoms with Crippen LogP contribution in [-0.4, -0.2) is 15.3 Å². The first-order valence-corrected chi connectivity index (χ1v) is 7.32. The SMILES string of the molecule is CC1(C)CC(C)(c2ccc(N)cc2)c2c1cc(O)c(O)c2O. The van der Waals surface area contributed by atoms with Gasteiger partial charge in [-0.15, -0.1) is 0 Å². The van der Waals surface area contributed by atoms with Crippen LogP contribution in [0, 0.1) is 0 Å². The van der Waals surface area contributed by atoms with E-state index >= 15 is 0 Å². The highest BCUT2D eigenvalue weighted by atomic mass is 16.3. The molecule has 1 aliphatic carbocycles. The number of nitrogens with two attached hydrogens (primary N) is 1. The second kappa shape index (κ2) is 4.32. The highest BCUT2D eigenvalue weighted by molar-refractivity contribution is 5.66. The fourth-order valence-electron chi connectivity index (χ4n) is 3.90. The van der Waals surface area contributed by atoms with Gasteiger partial charge in [0.05, 0.1) is 0 Å². The minimum Gasteiger partial charge on any atom is -0.504 e. The lowest BCUT2D eigenvalue weighted by molar-refractivity contribution is 0.360. The van der Waals surface area contributed by atoms with Crippen LogP contribution in [0.15, 0.2) is 30.3 Å². The maximum absolute atomic E-state index is 10.4. The fourth-order valence-corrected chi connectivity index (χ4v) is 3.90. The average molecular weight is 299 g/mol. The van der Waals surface area contributed by atoms with Gasteiger partial charge in [0.2, 0.25) is 5.75 Å². The van der Waals surface area contributed by atoms with Crippen molar-refractivity contribution in [3.05, 3.63) is 47.0 Å². The van der Waals surface area contributed by atoms with Crippen molar-refractivity contribution in [2.75, 3.05) is 5.73 Å². The van der Waals surface area contributed by atoms with Crippen LogP contribution in [0.4, 0.5) is 5.69 Å². The maximum Gasteiger partial charge on any atom is 0.200 e. The molecule has 1 unspecified atom stereocenters. The van der Waals surface area contributed by atoms with Crippen LogP contribution >= 0.6 is 0 Å². The average Bonchev–Trinajstić information content (AvgIpc) is 2.64. The zero-order chi connectivity index (χ0) is 16.3. The first-order chi connectivity index (χ1) is 10.2. The number of hydrogen-bond donors (Lipinski definition) is 4. The van der Waals surface area contributed by atoms with Gasteiger partial charge in [0, 0.05) is 16.7 Å². The number of benzene rings is 2. The van der Waals surface area contributed by atoms with Gasteiger partial charge in [-0.3, -0.25) is 0 Å². The van der Waals surface area contributed by atoms with Gasteiger partial charge in [-0.1, -0.05) is 32.9 Å². The monoisotopic (exact) mass is 299 g/mol. The molecule has 0 fully saturated rings. The van der Waals surface area contributed by atoms with Gasteiger partial charge in [0.25, 0.3) is 0 Å². The molecule has 2 aromatic carbocycles. The molecule has 116 valence electrons. The molecule has 1 atom stereocenters. The molecule has 22 heavy (non-hydrogen) atoms. The van der Waals surface area contributed by atoms with E-state index < -0.39 is 11.2 Å². The molecule has 0 bridgehead atoms. The molecule has 4 nitrogen and oxygen atoms in total. The van der Waals surface area contributed by atoms with Crippen molar-refractivity contribution in [2.45, 2.75) is 38.0 Å². The first kappa shape index (κ1) is 14.6. The van der Waals surface area contributed by atoms with E-state index in [2.05, 4.69) is 13.8 Å². The quantitative estimate of drug-likeness (QED) is 0.480. The van der Waals surface area contributed by atoms with Gasteiger partial charge in [-0.25, -0.2) is 0 Å². The van der Waals surface area contributed by atoms with Crippen molar-refractivity contribution in [3.63, 3.8) is 0 Å². The summed E-state index contributed by atoms with van der Waals surface area (Å²) in [4.78, 5) is 0. The first-order valence-electron chi connectivity index (χ1n) is 7.32. The molecule has 3 rings (SSSR count). The summed E-state index contributed by atoms with van der Waals surface area (Å²) >= 11 is 0. The Balaban J connectivity index is 2.31. The lowest BCUT2D eigenvalue weighted by Gasteiger charge is -2.29. The summed E-state index contributed by atoms with van der Waals surface area (Å²) in [5.41, 5.74) is 8.33. The predicted molar refractivity (Wildman–Crippen MR) is 86.4 cm³/mol. The Kier molecular flexibility index (Phi) is 2.86. The number of phenolic OH excluding ortho intramolecular Hbond substituents is 3. The lowest BCUT2D eigenvalue weighted by Crippen LogP contribution is -2.23. The van der Waals surface area contributed by atoms with Crippen LogP contribution in [0.2, 0.25) is 0 Å². The van der Waals surface area contributed by atoms with Crippen LogP contribution in [-0.2, 0) is 10.8 Å². The second-order valence-corrected chi connectivity index (χ2v) is 7.03. The van der Waals surface area contributed by atoms with E-state index in [1.165, 1.54) is 0 Å². The van der Waals surface area contributed by atoms with Gasteiger partial charge < -0.3 is 21.1 Å². The van der Waals surface area contributed by atoms with E-state index in [-0.39, 0.29) is 16.9 Å². The Labute approximate surface area is 129 Å². The van der Waals surface area contributed by atoms with E-state index in [0.29, 0.717) is 11.3 Å². The highest BCUT2D eigenvalue weighted by Crippen LogP contribution is 2.59. The summed E-state index contributed by atoms with van der Waals surface area (Å²) in [5, 5.41) is 30.2. The molecule has 0 amide bonds. The summed E-state index contributed by atoms with van der Waals surface area (Å²) in [5.74, 6) is -0.982. The molecule has 0 aromatic heterocycles. The topological polar surface area (TPSA) is 86.7 Å². The second-order valence-electron chi connectivity index (χ2n) is 7.03. The summed E-state index contributed by atoms with van der Waals surface area (Å²) in [7, 11) is 0. The van der Waals surface area contributed by atoms with Crippen LogP contribution < -0.4 is 5.73 Å². The molecular formula is C18H21NO3. The Hall–Kier alpha value is -2.36. The van der Waals surface area contributed by atoms with Gasteiger partial charge >= 0.3 is 0 Å². The van der Waals surface area contributed by atoms with Crippen molar-refractivity contribution in [1.82, 2.24) is 0 Å². The van der Waals surface area contributed by atoms with E-state index in [4.69, 9.17) is 5.73 Å². The molecule has 0 saturated carbocycles. The van der Waals surface area contributed by atoms with Gasteiger partial charge in [-0.2, -0.15) is 0 Å². The molecule has 0 spiro atoms. The zero-order valence-corrected chi connectivity index (χ0v) is 13.0. The largest absolute Gasteiger partial charge is 0.504 e. The summed E-state index contributed by atoms with van der Waals surface area (Å²) in [6.07, 6.45) is 0.760. The number of phenols is 3. The van der Waals surface area contributed by atoms with Crippen molar-refractivity contribution >= 4 is 5.69 Å². The van der Waals surface area contributed by atoms with Crippen LogP contribution in [0.5, 0.6) is 17.2 Å². The van der Waals surface area contributed by atoms with Crippen molar-refractivity contribution in [3.8, 4) is 17.2 Å². The molecule has 4 heteroatoms. The standard InChI is InChI=1S/C18H21NO3/c1-17(2)9-18(3,10-4-6-11(19)7-5-10)14-12(17)8-13(20)15(21)16(14)22/h4-8,20-22H,9,19H2,1-3H3. The normalized spacial score (nSPS) is 22.5. The number of aromatic hydroxyl groups is 3. The van der Waals surface area contributed by atoms with Crippen LogP contribution in [0.3, 0.4) is 0 Å². The van der Waals surface area contributed by atoms with Crippen molar-refractivity contribution in [2.24, 2.45) is 0 Å². The zero-order valence-electron chi connectivity index (χ0n) is 13.0. The Morgan fingerprint density at radius 3 is 2.14 bits per heavy atom. The number of nitrogen functional groups attached to an aromatic ring is 1. The minimum absolute atomic E-state index is 0.228. The smallest absolute Gasteiger partial charge is 0.200 e. The maximum atomic E-state index is 10.4. The molecule has 0 aliphatic heterocycles. The molecule has 1 aliphatic rings. The van der Waals surface area contributed by atoms with E-state index in [9.17, 15) is 15.3 Å². The van der Waals surface area contributed by atoms with Crippen molar-refractivity contribution < 1.29 is 15.3 Å². The van der Waals surface area contributed by atoms with Gasteiger partial charge in [0.1, 0.15) is 0 Å². The number of rotatable bonds is 1. The molecule has 5 N–H and O–H groups in total. The number of fused-ring (bicyclic) bond motifs is 1. The summed E-state index contributed by atoms with van der Waals surface area (Å²) < 4.78 is 0. The van der Waals surface area contributed by atoms with Crippen molar-refractivity contribution in [1.29, 1.82) is 0 Å². The predicted octanol–water partition coefficient (Wildman–Crippen LogP) is 3.37. The van der Waals surface area contributed by atoms with E-state index in [1.54, 1.807) is 6.07 Å². The molecule has 0 saturated heterocycles. The Bertz CT molecular complexity index is 750. The number of hydrogen-bond acceptors (Lipinski definition) is 4.